The molecule has 0 bridgehead atoms. The normalized spacial score (nSPS) is 18.9. The van der Waals surface area contributed by atoms with E-state index < -0.39 is 0 Å². The maximum absolute atomic E-state index is 3.93. The Morgan fingerprint density at radius 1 is 1.44 bits per heavy atom. The maximum atomic E-state index is 3.93. The Kier molecular flexibility index (Phi) is 1.75. The van der Waals surface area contributed by atoms with E-state index in [0.29, 0.717) is 0 Å². The van der Waals surface area contributed by atoms with E-state index in [4.69, 9.17) is 0 Å². The molecule has 9 heavy (non-hydrogen) atoms. The molecular formula is C9H14. The van der Waals surface area contributed by atoms with Gasteiger partial charge >= 0.3 is 0 Å². The summed E-state index contributed by atoms with van der Waals surface area (Å²) in [7, 11) is 0. The minimum Gasteiger partial charge on any atom is -0.0958 e. The Bertz CT molecular complexity index is 161. The molecule has 0 heteroatoms. The molecule has 0 saturated carbocycles. The van der Waals surface area contributed by atoms with Crippen LogP contribution in [0, 0.1) is 0 Å². The van der Waals surface area contributed by atoms with Gasteiger partial charge in [-0.2, -0.15) is 0 Å². The zero-order chi connectivity index (χ0) is 6.85. The van der Waals surface area contributed by atoms with Crippen LogP contribution in [0.2, 0.25) is 0 Å². The molecule has 0 N–H and O–H groups in total. The van der Waals surface area contributed by atoms with Crippen LogP contribution < -0.4 is 0 Å². The summed E-state index contributed by atoms with van der Waals surface area (Å²) in [5.41, 5.74) is 4.35. The summed E-state index contributed by atoms with van der Waals surface area (Å²) in [6.45, 7) is 8.25. The second-order valence-corrected chi connectivity index (χ2v) is 2.89. The molecule has 0 aliphatic heterocycles. The van der Waals surface area contributed by atoms with Crippen LogP contribution in [0.4, 0.5) is 0 Å². The van der Waals surface area contributed by atoms with Gasteiger partial charge in [-0.15, -0.1) is 0 Å². The molecule has 0 radical (unpaired) electrons. The lowest BCUT2D eigenvalue weighted by Crippen LogP contribution is -1.79. The lowest BCUT2D eigenvalue weighted by Gasteiger charge is -1.99. The van der Waals surface area contributed by atoms with Crippen LogP contribution in [-0.2, 0) is 0 Å². The summed E-state index contributed by atoms with van der Waals surface area (Å²) < 4.78 is 0. The van der Waals surface area contributed by atoms with Crippen molar-refractivity contribution in [3.63, 3.8) is 0 Å². The van der Waals surface area contributed by atoms with E-state index >= 15 is 0 Å². The summed E-state index contributed by atoms with van der Waals surface area (Å²) >= 11 is 0. The van der Waals surface area contributed by atoms with Gasteiger partial charge in [0, 0.05) is 0 Å². The predicted molar refractivity (Wildman–Crippen MR) is 41.4 cm³/mol. The van der Waals surface area contributed by atoms with E-state index in [9.17, 15) is 0 Å². The van der Waals surface area contributed by atoms with Crippen molar-refractivity contribution < 1.29 is 0 Å². The third-order valence-electron chi connectivity index (χ3n) is 2.01. The molecule has 0 aromatic heterocycles. The monoisotopic (exact) mass is 122 g/mol. The van der Waals surface area contributed by atoms with E-state index in [1.165, 1.54) is 30.4 Å². The first kappa shape index (κ1) is 6.60. The summed E-state index contributed by atoms with van der Waals surface area (Å²) in [5, 5.41) is 0. The average Bonchev–Trinajstić information content (AvgIpc) is 2.13. The predicted octanol–water partition coefficient (Wildman–Crippen LogP) is 3.06. The fraction of sp³-hybridized carbons (Fsp3) is 0.556. The van der Waals surface area contributed by atoms with E-state index in [1.54, 1.807) is 5.57 Å². The maximum Gasteiger partial charge on any atom is -0.0274 e. The Balaban J connectivity index is 2.78. The van der Waals surface area contributed by atoms with Gasteiger partial charge in [0.1, 0.15) is 0 Å². The van der Waals surface area contributed by atoms with E-state index in [2.05, 4.69) is 20.4 Å². The molecule has 0 heterocycles. The largest absolute Gasteiger partial charge is 0.0958 e. The molecule has 0 fully saturated rings. The van der Waals surface area contributed by atoms with Crippen molar-refractivity contribution in [2.45, 2.75) is 33.1 Å². The van der Waals surface area contributed by atoms with Gasteiger partial charge in [-0.25, -0.2) is 0 Å². The minimum atomic E-state index is 1.27. The molecule has 1 aliphatic rings. The fourth-order valence-electron chi connectivity index (χ4n) is 1.47. The summed E-state index contributed by atoms with van der Waals surface area (Å²) in [4.78, 5) is 0. The van der Waals surface area contributed by atoms with Crippen molar-refractivity contribution in [3.05, 3.63) is 23.3 Å². The number of rotatable bonds is 1. The van der Waals surface area contributed by atoms with Gasteiger partial charge in [-0.3, -0.25) is 0 Å². The fourth-order valence-corrected chi connectivity index (χ4v) is 1.47. The van der Waals surface area contributed by atoms with Gasteiger partial charge in [-0.1, -0.05) is 17.7 Å². The quantitative estimate of drug-likeness (QED) is 0.501. The number of hydrogen-bond donors (Lipinski definition) is 0. The van der Waals surface area contributed by atoms with Gasteiger partial charge in [0.25, 0.3) is 0 Å². The van der Waals surface area contributed by atoms with Crippen LogP contribution in [0.1, 0.15) is 33.1 Å². The minimum absolute atomic E-state index is 1.27. The molecule has 0 nitrogen and oxygen atoms in total. The van der Waals surface area contributed by atoms with Crippen LogP contribution in [0.3, 0.4) is 0 Å². The van der Waals surface area contributed by atoms with Gasteiger partial charge in [-0.05, 0) is 38.7 Å². The lowest BCUT2D eigenvalue weighted by molar-refractivity contribution is 0.895. The summed E-state index contributed by atoms with van der Waals surface area (Å²) in [6.07, 6.45) is 3.90. The van der Waals surface area contributed by atoms with E-state index in [1.807, 2.05) is 0 Å². The molecule has 0 amide bonds. The van der Waals surface area contributed by atoms with Crippen molar-refractivity contribution in [1.29, 1.82) is 0 Å². The number of hydrogen-bond acceptors (Lipinski definition) is 0. The van der Waals surface area contributed by atoms with Crippen molar-refractivity contribution in [2.24, 2.45) is 0 Å². The standard InChI is InChI=1S/C9H14/c1-7(2)9-6-4-5-8(9)3/h1,4-6H2,2-3H3. The Hall–Kier alpha value is -0.520. The molecule has 0 unspecified atom stereocenters. The van der Waals surface area contributed by atoms with Crippen LogP contribution in [0.15, 0.2) is 23.3 Å². The van der Waals surface area contributed by atoms with Crippen LogP contribution in [0.25, 0.3) is 0 Å². The SMILES string of the molecule is C=C(C)C1=C(C)CCC1. The van der Waals surface area contributed by atoms with Crippen LogP contribution in [0.5, 0.6) is 0 Å². The highest BCUT2D eigenvalue weighted by atomic mass is 14.1. The van der Waals surface area contributed by atoms with Gasteiger partial charge < -0.3 is 0 Å². The highest BCUT2D eigenvalue weighted by molar-refractivity contribution is 5.33. The Morgan fingerprint density at radius 3 is 2.33 bits per heavy atom. The first-order valence-corrected chi connectivity index (χ1v) is 3.56. The van der Waals surface area contributed by atoms with Crippen LogP contribution >= 0.6 is 0 Å². The molecule has 0 atom stereocenters. The summed E-state index contributed by atoms with van der Waals surface area (Å²) in [5.74, 6) is 0. The van der Waals surface area contributed by atoms with Gasteiger partial charge in [0.15, 0.2) is 0 Å². The van der Waals surface area contributed by atoms with Crippen molar-refractivity contribution >= 4 is 0 Å². The van der Waals surface area contributed by atoms with Gasteiger partial charge in [0.2, 0.25) is 0 Å². The molecule has 1 aliphatic carbocycles. The van der Waals surface area contributed by atoms with Crippen molar-refractivity contribution in [2.75, 3.05) is 0 Å². The molecule has 0 spiro atoms. The first-order chi connectivity index (χ1) is 4.22. The van der Waals surface area contributed by atoms with Gasteiger partial charge in [0.05, 0.1) is 0 Å². The van der Waals surface area contributed by atoms with E-state index in [0.717, 1.165) is 0 Å². The van der Waals surface area contributed by atoms with Crippen LogP contribution in [-0.4, -0.2) is 0 Å². The molecular weight excluding hydrogens is 108 g/mol. The van der Waals surface area contributed by atoms with Crippen molar-refractivity contribution in [1.82, 2.24) is 0 Å². The smallest absolute Gasteiger partial charge is 0.0274 e. The van der Waals surface area contributed by atoms with Crippen molar-refractivity contribution in [3.8, 4) is 0 Å². The second-order valence-electron chi connectivity index (χ2n) is 2.89. The zero-order valence-corrected chi connectivity index (χ0v) is 6.33. The molecule has 0 saturated heterocycles. The topological polar surface area (TPSA) is 0 Å². The molecule has 0 aromatic rings. The summed E-state index contributed by atoms with van der Waals surface area (Å²) in [6, 6.07) is 0. The lowest BCUT2D eigenvalue weighted by atomic mass is 10.1. The molecule has 1 rings (SSSR count). The highest BCUT2D eigenvalue weighted by Crippen LogP contribution is 2.29. The highest BCUT2D eigenvalue weighted by Gasteiger charge is 2.09. The van der Waals surface area contributed by atoms with E-state index in [-0.39, 0.29) is 0 Å². The molecule has 50 valence electrons. The average molecular weight is 122 g/mol. The Labute approximate surface area is 57.3 Å². The second kappa shape index (κ2) is 2.38. The first-order valence-electron chi connectivity index (χ1n) is 3.56. The third-order valence-corrected chi connectivity index (χ3v) is 2.01. The number of allylic oxidation sites excluding steroid dienone is 3. The third kappa shape index (κ3) is 1.24. The zero-order valence-electron chi connectivity index (χ0n) is 6.33. The Morgan fingerprint density at radius 2 is 2.11 bits per heavy atom. The molecule has 0 aromatic carbocycles.